The van der Waals surface area contributed by atoms with Gasteiger partial charge in [0.05, 0.1) is 4.92 Å². The van der Waals surface area contributed by atoms with Crippen LogP contribution in [0, 0.1) is 16.0 Å². The molecule has 1 aliphatic heterocycles. The van der Waals surface area contributed by atoms with Crippen LogP contribution in [0.2, 0.25) is 0 Å². The molecule has 1 fully saturated rings. The summed E-state index contributed by atoms with van der Waals surface area (Å²) < 4.78 is 0. The summed E-state index contributed by atoms with van der Waals surface area (Å²) >= 11 is 0. The number of amides is 1. The maximum Gasteiger partial charge on any atom is 0.271 e. The standard InChI is InChI=1S/C12H15N3O3.ClH/c16-12(6-9-4-5-13-8-9)14-10-2-1-3-11(7-10)15(17)18;/h1-3,7,9,13H,4-6,8H2,(H,14,16);1H. The molecule has 1 heterocycles. The number of nitro benzene ring substituents is 1. The van der Waals surface area contributed by atoms with Crippen molar-refractivity contribution in [2.45, 2.75) is 12.8 Å². The molecule has 1 saturated heterocycles. The van der Waals surface area contributed by atoms with E-state index in [-0.39, 0.29) is 24.0 Å². The Balaban J connectivity index is 0.00000180. The zero-order valence-corrected chi connectivity index (χ0v) is 11.1. The molecule has 1 unspecified atom stereocenters. The Morgan fingerprint density at radius 1 is 1.53 bits per heavy atom. The maximum absolute atomic E-state index is 11.7. The van der Waals surface area contributed by atoms with Gasteiger partial charge in [-0.1, -0.05) is 6.07 Å². The van der Waals surface area contributed by atoms with Crippen molar-refractivity contribution in [3.8, 4) is 0 Å². The molecule has 1 aliphatic rings. The predicted molar refractivity (Wildman–Crippen MR) is 74.6 cm³/mol. The Bertz CT molecular complexity index is 461. The van der Waals surface area contributed by atoms with Gasteiger partial charge in [0, 0.05) is 24.2 Å². The molecule has 0 saturated carbocycles. The summed E-state index contributed by atoms with van der Waals surface area (Å²) in [6, 6.07) is 5.98. The van der Waals surface area contributed by atoms with Gasteiger partial charge in [-0.25, -0.2) is 0 Å². The van der Waals surface area contributed by atoms with E-state index in [1.165, 1.54) is 12.1 Å². The van der Waals surface area contributed by atoms with Crippen molar-refractivity contribution in [1.82, 2.24) is 5.32 Å². The van der Waals surface area contributed by atoms with E-state index in [2.05, 4.69) is 10.6 Å². The number of nitrogens with one attached hydrogen (secondary N) is 2. The van der Waals surface area contributed by atoms with Crippen LogP contribution in [0.5, 0.6) is 0 Å². The van der Waals surface area contributed by atoms with E-state index in [1.54, 1.807) is 12.1 Å². The number of benzene rings is 1. The topological polar surface area (TPSA) is 84.3 Å². The quantitative estimate of drug-likeness (QED) is 0.654. The van der Waals surface area contributed by atoms with Crippen LogP contribution in [0.25, 0.3) is 0 Å². The van der Waals surface area contributed by atoms with E-state index in [4.69, 9.17) is 0 Å². The normalized spacial score (nSPS) is 17.6. The van der Waals surface area contributed by atoms with Gasteiger partial charge < -0.3 is 10.6 Å². The Morgan fingerprint density at radius 3 is 2.95 bits per heavy atom. The van der Waals surface area contributed by atoms with Crippen LogP contribution in [0.4, 0.5) is 11.4 Å². The van der Waals surface area contributed by atoms with Crippen molar-refractivity contribution < 1.29 is 9.72 Å². The smallest absolute Gasteiger partial charge is 0.271 e. The second-order valence-electron chi connectivity index (χ2n) is 4.42. The zero-order valence-electron chi connectivity index (χ0n) is 10.3. The van der Waals surface area contributed by atoms with Gasteiger partial charge in [-0.05, 0) is 31.5 Å². The maximum atomic E-state index is 11.7. The van der Waals surface area contributed by atoms with E-state index in [0.29, 0.717) is 18.0 Å². The molecule has 1 amide bonds. The van der Waals surface area contributed by atoms with Gasteiger partial charge in [0.25, 0.3) is 5.69 Å². The van der Waals surface area contributed by atoms with E-state index < -0.39 is 4.92 Å². The molecule has 0 aliphatic carbocycles. The highest BCUT2D eigenvalue weighted by Gasteiger charge is 2.18. The van der Waals surface area contributed by atoms with Gasteiger partial charge in [-0.2, -0.15) is 0 Å². The van der Waals surface area contributed by atoms with Crippen molar-refractivity contribution in [3.63, 3.8) is 0 Å². The molecule has 0 spiro atoms. The third-order valence-corrected chi connectivity index (χ3v) is 2.98. The van der Waals surface area contributed by atoms with Crippen LogP contribution in [-0.4, -0.2) is 23.9 Å². The Hall–Kier alpha value is -1.66. The molecular weight excluding hydrogens is 270 g/mol. The van der Waals surface area contributed by atoms with Crippen LogP contribution < -0.4 is 10.6 Å². The number of non-ortho nitro benzene ring substituents is 1. The number of halogens is 1. The molecule has 0 aromatic heterocycles. The first-order valence-electron chi connectivity index (χ1n) is 5.90. The summed E-state index contributed by atoms with van der Waals surface area (Å²) in [4.78, 5) is 21.9. The zero-order chi connectivity index (χ0) is 13.0. The van der Waals surface area contributed by atoms with Crippen molar-refractivity contribution in [3.05, 3.63) is 34.4 Å². The highest BCUT2D eigenvalue weighted by molar-refractivity contribution is 5.91. The minimum absolute atomic E-state index is 0. The summed E-state index contributed by atoms with van der Waals surface area (Å²) in [5.74, 6) is 0.271. The van der Waals surface area contributed by atoms with Gasteiger partial charge in [0.2, 0.25) is 5.91 Å². The lowest BCUT2D eigenvalue weighted by Gasteiger charge is -2.08. The van der Waals surface area contributed by atoms with Crippen molar-refractivity contribution >= 4 is 29.7 Å². The first kappa shape index (κ1) is 15.4. The van der Waals surface area contributed by atoms with Gasteiger partial charge in [0.1, 0.15) is 0 Å². The third kappa shape index (κ3) is 4.50. The van der Waals surface area contributed by atoms with E-state index in [9.17, 15) is 14.9 Å². The van der Waals surface area contributed by atoms with E-state index in [0.717, 1.165) is 19.5 Å². The molecule has 0 bridgehead atoms. The van der Waals surface area contributed by atoms with E-state index in [1.807, 2.05) is 0 Å². The Labute approximate surface area is 117 Å². The number of hydrogen-bond donors (Lipinski definition) is 2. The van der Waals surface area contributed by atoms with Crippen LogP contribution in [0.15, 0.2) is 24.3 Å². The SMILES string of the molecule is Cl.O=C(CC1CCNC1)Nc1cccc([N+](=O)[O-])c1. The molecule has 1 aromatic carbocycles. The van der Waals surface area contributed by atoms with Gasteiger partial charge >= 0.3 is 0 Å². The summed E-state index contributed by atoms with van der Waals surface area (Å²) in [5.41, 5.74) is 0.454. The lowest BCUT2D eigenvalue weighted by atomic mass is 10.0. The van der Waals surface area contributed by atoms with Crippen LogP contribution in [0.1, 0.15) is 12.8 Å². The summed E-state index contributed by atoms with van der Waals surface area (Å²) in [7, 11) is 0. The first-order chi connectivity index (χ1) is 8.65. The highest BCUT2D eigenvalue weighted by atomic mass is 35.5. The summed E-state index contributed by atoms with van der Waals surface area (Å²) in [6.45, 7) is 1.82. The third-order valence-electron chi connectivity index (χ3n) is 2.98. The Morgan fingerprint density at radius 2 is 2.32 bits per heavy atom. The monoisotopic (exact) mass is 285 g/mol. The molecular formula is C12H16ClN3O3. The van der Waals surface area contributed by atoms with Gasteiger partial charge in [-0.15, -0.1) is 12.4 Å². The predicted octanol–water partition coefficient (Wildman–Crippen LogP) is 1.95. The first-order valence-corrected chi connectivity index (χ1v) is 5.90. The number of anilines is 1. The van der Waals surface area contributed by atoms with Crippen molar-refractivity contribution in [1.29, 1.82) is 0 Å². The molecule has 1 atom stereocenters. The fourth-order valence-electron chi connectivity index (χ4n) is 2.06. The lowest BCUT2D eigenvalue weighted by Crippen LogP contribution is -2.18. The van der Waals surface area contributed by atoms with Crippen LogP contribution in [-0.2, 0) is 4.79 Å². The summed E-state index contributed by atoms with van der Waals surface area (Å²) in [5, 5.41) is 16.5. The molecule has 6 nitrogen and oxygen atoms in total. The fraction of sp³-hybridized carbons (Fsp3) is 0.417. The fourth-order valence-corrected chi connectivity index (χ4v) is 2.06. The number of carbonyl (C=O) groups excluding carboxylic acids is 1. The number of nitro groups is 1. The van der Waals surface area contributed by atoms with Gasteiger partial charge in [0.15, 0.2) is 0 Å². The Kier molecular flexibility index (Phi) is 5.72. The molecule has 1 aromatic rings. The summed E-state index contributed by atoms with van der Waals surface area (Å²) in [6.07, 6.45) is 1.46. The molecule has 2 rings (SSSR count). The van der Waals surface area contributed by atoms with Crippen molar-refractivity contribution in [2.75, 3.05) is 18.4 Å². The lowest BCUT2D eigenvalue weighted by molar-refractivity contribution is -0.384. The van der Waals surface area contributed by atoms with Gasteiger partial charge in [-0.3, -0.25) is 14.9 Å². The number of hydrogen-bond acceptors (Lipinski definition) is 4. The molecule has 0 radical (unpaired) electrons. The molecule has 104 valence electrons. The number of rotatable bonds is 4. The molecule has 19 heavy (non-hydrogen) atoms. The second kappa shape index (κ2) is 7.06. The number of nitrogens with zero attached hydrogens (tertiary/aromatic N) is 1. The molecule has 7 heteroatoms. The number of carbonyl (C=O) groups is 1. The second-order valence-corrected chi connectivity index (χ2v) is 4.42. The van der Waals surface area contributed by atoms with Crippen LogP contribution >= 0.6 is 12.4 Å². The minimum Gasteiger partial charge on any atom is -0.326 e. The van der Waals surface area contributed by atoms with E-state index >= 15 is 0 Å². The van der Waals surface area contributed by atoms with Crippen molar-refractivity contribution in [2.24, 2.45) is 5.92 Å². The largest absolute Gasteiger partial charge is 0.326 e. The minimum atomic E-state index is -0.476. The average Bonchev–Trinajstić information content (AvgIpc) is 2.82. The van der Waals surface area contributed by atoms with Crippen LogP contribution in [0.3, 0.4) is 0 Å². The average molecular weight is 286 g/mol. The molecule has 2 N–H and O–H groups in total. The highest BCUT2D eigenvalue weighted by Crippen LogP contribution is 2.18.